The van der Waals surface area contributed by atoms with Crippen LogP contribution in [0.5, 0.6) is 0 Å². The van der Waals surface area contributed by atoms with Crippen molar-refractivity contribution >= 4 is 11.4 Å². The van der Waals surface area contributed by atoms with E-state index in [-0.39, 0.29) is 17.1 Å². The first kappa shape index (κ1) is 14.7. The molecule has 6 heteroatoms. The van der Waals surface area contributed by atoms with Crippen LogP contribution in [-0.2, 0) is 0 Å². The van der Waals surface area contributed by atoms with Crippen LogP contribution in [0.4, 0.5) is 20.2 Å². The van der Waals surface area contributed by atoms with E-state index in [1.165, 1.54) is 0 Å². The molecule has 0 bridgehead atoms. The van der Waals surface area contributed by atoms with Crippen LogP contribution < -0.4 is 5.32 Å². The van der Waals surface area contributed by atoms with E-state index in [0.717, 1.165) is 31.7 Å². The molecule has 0 radical (unpaired) electrons. The molecule has 1 aromatic carbocycles. The van der Waals surface area contributed by atoms with Gasteiger partial charge >= 0.3 is 5.69 Å². The lowest BCUT2D eigenvalue weighted by atomic mass is 9.75. The minimum Gasteiger partial charge on any atom is -0.377 e. The van der Waals surface area contributed by atoms with Gasteiger partial charge < -0.3 is 5.32 Å². The third-order valence-corrected chi connectivity index (χ3v) is 3.78. The van der Waals surface area contributed by atoms with Crippen molar-refractivity contribution in [2.45, 2.75) is 45.6 Å². The Kier molecular flexibility index (Phi) is 3.92. The fourth-order valence-corrected chi connectivity index (χ4v) is 2.90. The normalized spacial score (nSPS) is 21.5. The topological polar surface area (TPSA) is 55.2 Å². The maximum Gasteiger partial charge on any atom is 0.327 e. The summed E-state index contributed by atoms with van der Waals surface area (Å²) in [6.45, 7) is 4.25. The molecule has 0 heterocycles. The zero-order chi connectivity index (χ0) is 14.9. The zero-order valence-corrected chi connectivity index (χ0v) is 11.6. The Morgan fingerprint density at radius 1 is 1.40 bits per heavy atom. The molecule has 1 unspecified atom stereocenters. The molecule has 2 rings (SSSR count). The smallest absolute Gasteiger partial charge is 0.327 e. The van der Waals surface area contributed by atoms with Gasteiger partial charge in [-0.1, -0.05) is 20.3 Å². The standard InChI is InChI=1S/C14H18F2N2O2/c1-14(2)5-3-4-10(8-14)17-12-7-9(15)6-11(16)13(12)18(19)20/h6-7,10,17H,3-5,8H2,1-2H3. The molecule has 1 aromatic rings. The van der Waals surface area contributed by atoms with Gasteiger partial charge in [0.2, 0.25) is 5.82 Å². The summed E-state index contributed by atoms with van der Waals surface area (Å²) in [4.78, 5) is 10.1. The highest BCUT2D eigenvalue weighted by Gasteiger charge is 2.30. The molecule has 0 saturated heterocycles. The fraction of sp³-hybridized carbons (Fsp3) is 0.571. The molecule has 20 heavy (non-hydrogen) atoms. The SMILES string of the molecule is CC1(C)CCCC(Nc2cc(F)cc(F)c2[N+](=O)[O-])C1. The monoisotopic (exact) mass is 284 g/mol. The Bertz CT molecular complexity index is 532. The lowest BCUT2D eigenvalue weighted by Crippen LogP contribution is -2.32. The largest absolute Gasteiger partial charge is 0.377 e. The van der Waals surface area contributed by atoms with Crippen molar-refractivity contribution in [2.75, 3.05) is 5.32 Å². The molecular formula is C14H18F2N2O2. The highest BCUT2D eigenvalue weighted by molar-refractivity contribution is 5.62. The minimum absolute atomic E-state index is 0.00125. The van der Waals surface area contributed by atoms with Crippen LogP contribution in [0, 0.1) is 27.2 Å². The maximum absolute atomic E-state index is 13.5. The molecule has 1 fully saturated rings. The van der Waals surface area contributed by atoms with Crippen molar-refractivity contribution < 1.29 is 13.7 Å². The van der Waals surface area contributed by atoms with Gasteiger partial charge in [0.05, 0.1) is 4.92 Å². The Morgan fingerprint density at radius 2 is 2.10 bits per heavy atom. The Labute approximate surface area is 116 Å². The fourth-order valence-electron chi connectivity index (χ4n) is 2.90. The van der Waals surface area contributed by atoms with Gasteiger partial charge in [0, 0.05) is 18.2 Å². The van der Waals surface area contributed by atoms with E-state index in [4.69, 9.17) is 0 Å². The lowest BCUT2D eigenvalue weighted by molar-refractivity contribution is -0.386. The van der Waals surface area contributed by atoms with Crippen molar-refractivity contribution in [1.82, 2.24) is 0 Å². The number of nitro benzene ring substituents is 1. The second kappa shape index (κ2) is 5.34. The van der Waals surface area contributed by atoms with Gasteiger partial charge in [-0.2, -0.15) is 4.39 Å². The summed E-state index contributed by atoms with van der Waals surface area (Å²) >= 11 is 0. The Hall–Kier alpha value is -1.72. The second-order valence-corrected chi connectivity index (χ2v) is 6.14. The number of halogens is 2. The van der Waals surface area contributed by atoms with Crippen molar-refractivity contribution in [2.24, 2.45) is 5.41 Å². The maximum atomic E-state index is 13.5. The summed E-state index contributed by atoms with van der Waals surface area (Å²) in [6, 6.07) is 1.52. The van der Waals surface area contributed by atoms with Crippen molar-refractivity contribution in [1.29, 1.82) is 0 Å². The van der Waals surface area contributed by atoms with Crippen LogP contribution in [0.1, 0.15) is 39.5 Å². The predicted molar refractivity (Wildman–Crippen MR) is 72.7 cm³/mol. The molecule has 1 aliphatic rings. The summed E-state index contributed by atoms with van der Waals surface area (Å²) in [5, 5.41) is 13.9. The van der Waals surface area contributed by atoms with Crippen molar-refractivity contribution in [3.8, 4) is 0 Å². The van der Waals surface area contributed by atoms with E-state index in [1.807, 2.05) is 0 Å². The van der Waals surface area contributed by atoms with E-state index in [1.54, 1.807) is 0 Å². The first-order valence-electron chi connectivity index (χ1n) is 6.68. The van der Waals surface area contributed by atoms with E-state index in [9.17, 15) is 18.9 Å². The summed E-state index contributed by atoms with van der Waals surface area (Å²) in [5.74, 6) is -1.96. The molecule has 110 valence electrons. The van der Waals surface area contributed by atoms with Gasteiger partial charge in [-0.25, -0.2) is 4.39 Å². The third kappa shape index (κ3) is 3.23. The number of hydrogen-bond donors (Lipinski definition) is 1. The average molecular weight is 284 g/mol. The number of nitrogens with one attached hydrogen (secondary N) is 1. The molecule has 1 atom stereocenters. The molecule has 1 saturated carbocycles. The number of benzene rings is 1. The molecule has 1 N–H and O–H groups in total. The van der Waals surface area contributed by atoms with Gasteiger partial charge in [-0.05, 0) is 24.7 Å². The van der Waals surface area contributed by atoms with Crippen LogP contribution >= 0.6 is 0 Å². The lowest BCUT2D eigenvalue weighted by Gasteiger charge is -2.35. The van der Waals surface area contributed by atoms with Gasteiger partial charge in [-0.15, -0.1) is 0 Å². The number of nitro groups is 1. The zero-order valence-electron chi connectivity index (χ0n) is 11.6. The van der Waals surface area contributed by atoms with Gasteiger partial charge in [-0.3, -0.25) is 10.1 Å². The predicted octanol–water partition coefficient (Wildman–Crippen LogP) is 4.25. The van der Waals surface area contributed by atoms with E-state index in [2.05, 4.69) is 19.2 Å². The highest BCUT2D eigenvalue weighted by atomic mass is 19.1. The van der Waals surface area contributed by atoms with Crippen LogP contribution in [0.25, 0.3) is 0 Å². The van der Waals surface area contributed by atoms with Gasteiger partial charge in [0.1, 0.15) is 11.5 Å². The second-order valence-electron chi connectivity index (χ2n) is 6.14. The third-order valence-electron chi connectivity index (χ3n) is 3.78. The van der Waals surface area contributed by atoms with Crippen LogP contribution in [0.2, 0.25) is 0 Å². The van der Waals surface area contributed by atoms with E-state index >= 15 is 0 Å². The van der Waals surface area contributed by atoms with Crippen molar-refractivity contribution in [3.05, 3.63) is 33.9 Å². The first-order valence-corrected chi connectivity index (χ1v) is 6.68. The molecule has 4 nitrogen and oxygen atoms in total. The minimum atomic E-state index is -1.15. The van der Waals surface area contributed by atoms with Crippen LogP contribution in [0.15, 0.2) is 12.1 Å². The number of rotatable bonds is 3. The Balaban J connectivity index is 2.26. The molecule has 1 aliphatic carbocycles. The molecule has 0 spiro atoms. The molecular weight excluding hydrogens is 266 g/mol. The molecule has 0 aromatic heterocycles. The van der Waals surface area contributed by atoms with Crippen molar-refractivity contribution in [3.63, 3.8) is 0 Å². The average Bonchev–Trinajstić information content (AvgIpc) is 2.25. The summed E-state index contributed by atoms with van der Waals surface area (Å²) in [7, 11) is 0. The van der Waals surface area contributed by atoms with E-state index < -0.39 is 22.2 Å². The van der Waals surface area contributed by atoms with Crippen LogP contribution in [0.3, 0.4) is 0 Å². The number of hydrogen-bond acceptors (Lipinski definition) is 3. The van der Waals surface area contributed by atoms with Gasteiger partial charge in [0.25, 0.3) is 0 Å². The van der Waals surface area contributed by atoms with E-state index in [0.29, 0.717) is 6.07 Å². The summed E-state index contributed by atoms with van der Waals surface area (Å²) in [6.07, 6.45) is 3.75. The number of anilines is 1. The Morgan fingerprint density at radius 3 is 2.70 bits per heavy atom. The van der Waals surface area contributed by atoms with Crippen LogP contribution in [-0.4, -0.2) is 11.0 Å². The first-order chi connectivity index (χ1) is 9.28. The number of nitrogens with zero attached hydrogens (tertiary/aromatic N) is 1. The molecule has 0 amide bonds. The summed E-state index contributed by atoms with van der Waals surface area (Å²) in [5.41, 5.74) is -0.624. The summed E-state index contributed by atoms with van der Waals surface area (Å²) < 4.78 is 26.8. The quantitative estimate of drug-likeness (QED) is 0.666. The highest BCUT2D eigenvalue weighted by Crippen LogP contribution is 2.38. The van der Waals surface area contributed by atoms with Gasteiger partial charge in [0.15, 0.2) is 0 Å². The molecule has 0 aliphatic heterocycles.